The molecular formula is C15H12FN3O. The molecule has 5 heteroatoms. The third-order valence-corrected chi connectivity index (χ3v) is 2.84. The second kappa shape index (κ2) is 5.93. The second-order valence-electron chi connectivity index (χ2n) is 4.27. The van der Waals surface area contributed by atoms with Crippen molar-refractivity contribution in [1.82, 2.24) is 10.3 Å². The Morgan fingerprint density at radius 1 is 1.30 bits per heavy atom. The number of carbonyl (C=O) groups excluding carboxylic acids is 1. The first-order valence-electron chi connectivity index (χ1n) is 6.03. The second-order valence-corrected chi connectivity index (χ2v) is 4.27. The molecular weight excluding hydrogens is 257 g/mol. The molecule has 0 aliphatic rings. The van der Waals surface area contributed by atoms with E-state index >= 15 is 0 Å². The molecule has 100 valence electrons. The van der Waals surface area contributed by atoms with E-state index in [1.165, 1.54) is 18.2 Å². The summed E-state index contributed by atoms with van der Waals surface area (Å²) in [5.41, 5.74) is 1.44. The average molecular weight is 269 g/mol. The van der Waals surface area contributed by atoms with E-state index in [-0.39, 0.29) is 11.7 Å². The van der Waals surface area contributed by atoms with E-state index < -0.39 is 11.9 Å². The van der Waals surface area contributed by atoms with E-state index in [4.69, 9.17) is 5.26 Å². The summed E-state index contributed by atoms with van der Waals surface area (Å²) in [7, 11) is 0. The fraction of sp³-hybridized carbons (Fsp3) is 0.133. The lowest BCUT2D eigenvalue weighted by Crippen LogP contribution is -2.27. The number of halogens is 1. The molecule has 0 aliphatic carbocycles. The molecule has 1 aromatic carbocycles. The number of aromatic nitrogens is 1. The van der Waals surface area contributed by atoms with Crippen molar-refractivity contribution < 1.29 is 9.18 Å². The van der Waals surface area contributed by atoms with Crippen molar-refractivity contribution in [2.45, 2.75) is 13.0 Å². The fourth-order valence-corrected chi connectivity index (χ4v) is 1.73. The van der Waals surface area contributed by atoms with E-state index in [0.717, 1.165) is 5.56 Å². The van der Waals surface area contributed by atoms with Gasteiger partial charge >= 0.3 is 0 Å². The topological polar surface area (TPSA) is 65.8 Å². The summed E-state index contributed by atoms with van der Waals surface area (Å²) in [5, 5.41) is 11.4. The van der Waals surface area contributed by atoms with Gasteiger partial charge in [-0.15, -0.1) is 0 Å². The Bertz CT molecular complexity index is 662. The maximum Gasteiger partial charge on any atom is 0.270 e. The highest BCUT2D eigenvalue weighted by molar-refractivity contribution is 5.92. The molecule has 20 heavy (non-hydrogen) atoms. The number of carbonyl (C=O) groups is 1. The van der Waals surface area contributed by atoms with Crippen LogP contribution in [0.15, 0.2) is 42.5 Å². The van der Waals surface area contributed by atoms with Crippen LogP contribution in [0.1, 0.15) is 34.6 Å². The SMILES string of the molecule is CC(NC(=O)c1cccc(F)n1)c1ccc(C#N)cc1. The number of nitrogens with zero attached hydrogens (tertiary/aromatic N) is 2. The minimum Gasteiger partial charge on any atom is -0.344 e. The summed E-state index contributed by atoms with van der Waals surface area (Å²) >= 11 is 0. The van der Waals surface area contributed by atoms with Crippen LogP contribution in [0, 0.1) is 17.3 Å². The maximum atomic E-state index is 12.9. The van der Waals surface area contributed by atoms with Crippen molar-refractivity contribution in [2.24, 2.45) is 0 Å². The Morgan fingerprint density at radius 2 is 2.00 bits per heavy atom. The minimum absolute atomic E-state index is 0.0329. The average Bonchev–Trinajstić information content (AvgIpc) is 2.47. The minimum atomic E-state index is -0.691. The summed E-state index contributed by atoms with van der Waals surface area (Å²) < 4.78 is 12.9. The highest BCUT2D eigenvalue weighted by atomic mass is 19.1. The lowest BCUT2D eigenvalue weighted by molar-refractivity contribution is 0.0933. The first-order chi connectivity index (χ1) is 9.60. The van der Waals surface area contributed by atoms with E-state index in [0.29, 0.717) is 5.56 Å². The third-order valence-electron chi connectivity index (χ3n) is 2.84. The summed E-state index contributed by atoms with van der Waals surface area (Å²) in [4.78, 5) is 15.4. The van der Waals surface area contributed by atoms with Crippen LogP contribution in [0.3, 0.4) is 0 Å². The standard InChI is InChI=1S/C15H12FN3O/c1-10(12-7-5-11(9-17)6-8-12)18-15(20)13-3-2-4-14(16)19-13/h2-8,10H,1H3,(H,18,20). The van der Waals surface area contributed by atoms with E-state index in [9.17, 15) is 9.18 Å². The number of hydrogen-bond acceptors (Lipinski definition) is 3. The van der Waals surface area contributed by atoms with Crippen molar-refractivity contribution >= 4 is 5.91 Å². The Labute approximate surface area is 115 Å². The maximum absolute atomic E-state index is 12.9. The first kappa shape index (κ1) is 13.7. The molecule has 1 unspecified atom stereocenters. The van der Waals surface area contributed by atoms with Crippen molar-refractivity contribution in [1.29, 1.82) is 5.26 Å². The van der Waals surface area contributed by atoms with Gasteiger partial charge < -0.3 is 5.32 Å². The molecule has 2 rings (SSSR count). The van der Waals surface area contributed by atoms with Gasteiger partial charge in [0, 0.05) is 0 Å². The van der Waals surface area contributed by atoms with Crippen LogP contribution >= 0.6 is 0 Å². The normalized spacial score (nSPS) is 11.4. The van der Waals surface area contributed by atoms with Crippen molar-refractivity contribution in [3.8, 4) is 6.07 Å². The lowest BCUT2D eigenvalue weighted by Gasteiger charge is -2.14. The van der Waals surface area contributed by atoms with Gasteiger partial charge in [-0.1, -0.05) is 18.2 Å². The summed E-state index contributed by atoms with van der Waals surface area (Å²) in [6, 6.07) is 12.7. The van der Waals surface area contributed by atoms with Gasteiger partial charge in [0.25, 0.3) is 5.91 Å². The molecule has 1 N–H and O–H groups in total. The fourth-order valence-electron chi connectivity index (χ4n) is 1.73. The zero-order valence-electron chi connectivity index (χ0n) is 10.8. The Morgan fingerprint density at radius 3 is 2.60 bits per heavy atom. The van der Waals surface area contributed by atoms with E-state index in [1.807, 2.05) is 6.07 Å². The highest BCUT2D eigenvalue weighted by Gasteiger charge is 2.13. The molecule has 0 saturated carbocycles. The van der Waals surface area contributed by atoms with Crippen LogP contribution < -0.4 is 5.32 Å². The van der Waals surface area contributed by atoms with E-state index in [2.05, 4.69) is 10.3 Å². The summed E-state index contributed by atoms with van der Waals surface area (Å²) in [5.74, 6) is -1.13. The van der Waals surface area contributed by atoms with Gasteiger partial charge in [-0.25, -0.2) is 4.98 Å². The van der Waals surface area contributed by atoms with Crippen molar-refractivity contribution in [3.63, 3.8) is 0 Å². The van der Waals surface area contributed by atoms with Crippen LogP contribution in [0.2, 0.25) is 0 Å². The third kappa shape index (κ3) is 3.18. The number of hydrogen-bond donors (Lipinski definition) is 1. The van der Waals surface area contributed by atoms with Gasteiger partial charge in [0.05, 0.1) is 17.7 Å². The number of rotatable bonds is 3. The predicted octanol–water partition coefficient (Wildman–Crippen LogP) is 2.58. The number of amides is 1. The predicted molar refractivity (Wildman–Crippen MR) is 71.2 cm³/mol. The van der Waals surface area contributed by atoms with Gasteiger partial charge in [-0.2, -0.15) is 9.65 Å². The molecule has 0 bridgehead atoms. The highest BCUT2D eigenvalue weighted by Crippen LogP contribution is 2.13. The van der Waals surface area contributed by atoms with Crippen molar-refractivity contribution in [3.05, 3.63) is 65.2 Å². The smallest absolute Gasteiger partial charge is 0.270 e. The molecule has 0 fully saturated rings. The van der Waals surface area contributed by atoms with E-state index in [1.54, 1.807) is 31.2 Å². The van der Waals surface area contributed by atoms with Crippen LogP contribution in [-0.2, 0) is 0 Å². The molecule has 2 aromatic rings. The number of nitriles is 1. The molecule has 4 nitrogen and oxygen atoms in total. The molecule has 0 radical (unpaired) electrons. The molecule has 1 heterocycles. The van der Waals surface area contributed by atoms with Gasteiger partial charge in [-0.05, 0) is 36.8 Å². The number of benzene rings is 1. The number of pyridine rings is 1. The first-order valence-corrected chi connectivity index (χ1v) is 6.03. The van der Waals surface area contributed by atoms with Gasteiger partial charge in [0.15, 0.2) is 0 Å². The van der Waals surface area contributed by atoms with Crippen LogP contribution in [0.5, 0.6) is 0 Å². The molecule has 1 aromatic heterocycles. The van der Waals surface area contributed by atoms with Gasteiger partial charge in [0.2, 0.25) is 5.95 Å². The monoisotopic (exact) mass is 269 g/mol. The lowest BCUT2D eigenvalue weighted by atomic mass is 10.1. The molecule has 0 aliphatic heterocycles. The van der Waals surface area contributed by atoms with Crippen LogP contribution in [0.4, 0.5) is 4.39 Å². The molecule has 0 saturated heterocycles. The molecule has 0 spiro atoms. The summed E-state index contributed by atoms with van der Waals surface area (Å²) in [6.07, 6.45) is 0. The largest absolute Gasteiger partial charge is 0.344 e. The van der Waals surface area contributed by atoms with Crippen LogP contribution in [0.25, 0.3) is 0 Å². The Kier molecular flexibility index (Phi) is 4.06. The van der Waals surface area contributed by atoms with Gasteiger partial charge in [-0.3, -0.25) is 4.79 Å². The zero-order valence-corrected chi connectivity index (χ0v) is 10.8. The molecule has 1 atom stereocenters. The zero-order chi connectivity index (χ0) is 14.5. The summed E-state index contributed by atoms with van der Waals surface area (Å²) in [6.45, 7) is 1.80. The molecule has 1 amide bonds. The van der Waals surface area contributed by atoms with Crippen molar-refractivity contribution in [2.75, 3.05) is 0 Å². The Hall–Kier alpha value is -2.74. The van der Waals surface area contributed by atoms with Gasteiger partial charge in [0.1, 0.15) is 5.69 Å². The van der Waals surface area contributed by atoms with Crippen LogP contribution in [-0.4, -0.2) is 10.9 Å². The Balaban J connectivity index is 2.09. The number of nitrogens with one attached hydrogen (secondary N) is 1. The quantitative estimate of drug-likeness (QED) is 0.871.